The van der Waals surface area contributed by atoms with Gasteiger partial charge in [0.15, 0.2) is 0 Å². The van der Waals surface area contributed by atoms with Crippen LogP contribution in [-0.4, -0.2) is 36.5 Å². The summed E-state index contributed by atoms with van der Waals surface area (Å²) in [5, 5.41) is 3.33. The fourth-order valence-corrected chi connectivity index (χ4v) is 4.95. The van der Waals surface area contributed by atoms with Crippen LogP contribution >= 0.6 is 15.9 Å². The zero-order chi connectivity index (χ0) is 17.2. The van der Waals surface area contributed by atoms with Crippen molar-refractivity contribution in [3.63, 3.8) is 0 Å². The van der Waals surface area contributed by atoms with E-state index in [1.54, 1.807) is 0 Å². The molecule has 2 atom stereocenters. The van der Waals surface area contributed by atoms with Crippen molar-refractivity contribution >= 4 is 21.8 Å². The molecule has 1 aromatic rings. The number of hydrogen-bond acceptors (Lipinski definition) is 2. The van der Waals surface area contributed by atoms with Crippen LogP contribution in [0.2, 0.25) is 0 Å². The molecule has 0 spiro atoms. The Bertz CT molecular complexity index is 588. The summed E-state index contributed by atoms with van der Waals surface area (Å²) in [6.07, 6.45) is 8.96. The van der Waals surface area contributed by atoms with Gasteiger partial charge in [-0.25, -0.2) is 0 Å². The Hall–Kier alpha value is -0.870. The number of carbonyl (C=O) groups excluding carboxylic acids is 1. The van der Waals surface area contributed by atoms with E-state index in [1.165, 1.54) is 37.8 Å². The molecule has 1 aliphatic heterocycles. The van der Waals surface area contributed by atoms with Crippen molar-refractivity contribution in [1.82, 2.24) is 10.2 Å². The quantitative estimate of drug-likeness (QED) is 0.791. The van der Waals surface area contributed by atoms with Crippen molar-refractivity contribution in [1.29, 1.82) is 0 Å². The van der Waals surface area contributed by atoms with E-state index in [4.69, 9.17) is 0 Å². The van der Waals surface area contributed by atoms with Gasteiger partial charge in [-0.05, 0) is 61.6 Å². The molecule has 3 fully saturated rings. The van der Waals surface area contributed by atoms with E-state index in [1.807, 2.05) is 0 Å². The molecule has 1 N–H and O–H groups in total. The Morgan fingerprint density at radius 2 is 1.76 bits per heavy atom. The van der Waals surface area contributed by atoms with E-state index in [2.05, 4.69) is 50.4 Å². The Balaban J connectivity index is 1.20. The number of rotatable bonds is 5. The van der Waals surface area contributed by atoms with Crippen LogP contribution in [0.1, 0.15) is 56.4 Å². The van der Waals surface area contributed by atoms with Gasteiger partial charge in [-0.2, -0.15) is 0 Å². The maximum absolute atomic E-state index is 12.6. The minimum absolute atomic E-state index is 0.192. The van der Waals surface area contributed by atoms with Gasteiger partial charge >= 0.3 is 0 Å². The van der Waals surface area contributed by atoms with Crippen LogP contribution in [-0.2, 0) is 4.79 Å². The molecule has 2 saturated carbocycles. The average Bonchev–Trinajstić information content (AvgIpc) is 3.26. The van der Waals surface area contributed by atoms with Gasteiger partial charge in [0.1, 0.15) is 0 Å². The molecule has 4 rings (SSSR count). The third-order valence-electron chi connectivity index (χ3n) is 6.35. The number of nitrogens with zero attached hydrogens (tertiary/aromatic N) is 1. The lowest BCUT2D eigenvalue weighted by Gasteiger charge is -2.33. The first kappa shape index (κ1) is 17.5. The van der Waals surface area contributed by atoms with Gasteiger partial charge in [0.25, 0.3) is 0 Å². The van der Waals surface area contributed by atoms with Gasteiger partial charge in [0.2, 0.25) is 5.91 Å². The summed E-state index contributed by atoms with van der Waals surface area (Å²) >= 11 is 3.47. The molecule has 25 heavy (non-hydrogen) atoms. The van der Waals surface area contributed by atoms with Crippen LogP contribution in [0.25, 0.3) is 0 Å². The van der Waals surface area contributed by atoms with Gasteiger partial charge < -0.3 is 10.2 Å². The van der Waals surface area contributed by atoms with Gasteiger partial charge in [0.05, 0.1) is 0 Å². The van der Waals surface area contributed by atoms with Crippen LogP contribution < -0.4 is 5.32 Å². The molecule has 1 heterocycles. The summed E-state index contributed by atoms with van der Waals surface area (Å²) in [5.74, 6) is 1.83. The monoisotopic (exact) mass is 404 g/mol. The Labute approximate surface area is 159 Å². The number of halogens is 1. The molecule has 3 aliphatic rings. The maximum atomic E-state index is 12.6. The number of piperidine rings is 1. The number of carbonyl (C=O) groups is 1. The summed E-state index contributed by atoms with van der Waals surface area (Å²) in [4.78, 5) is 15.2. The van der Waals surface area contributed by atoms with Crippen LogP contribution in [0.4, 0.5) is 0 Å². The zero-order valence-electron chi connectivity index (χ0n) is 14.9. The highest BCUT2D eigenvalue weighted by Crippen LogP contribution is 2.47. The standard InChI is InChI=1S/C21H29BrN2O/c22-17-7-5-16(6-8-17)19-13-20(19)21(25)23-18-9-11-24(12-10-18)14-15-3-1-2-4-15/h5-8,15,18-20H,1-4,9-14H2,(H,23,25)/t19-,20+/m1/s1. The predicted octanol–water partition coefficient (Wildman–Crippen LogP) is 4.32. The van der Waals surface area contributed by atoms with Crippen LogP contribution in [0.5, 0.6) is 0 Å². The molecule has 4 heteroatoms. The summed E-state index contributed by atoms with van der Waals surface area (Å²) < 4.78 is 1.10. The molecule has 136 valence electrons. The maximum Gasteiger partial charge on any atom is 0.223 e. The second-order valence-electron chi connectivity index (χ2n) is 8.23. The molecule has 1 saturated heterocycles. The second kappa shape index (κ2) is 7.79. The fraction of sp³-hybridized carbons (Fsp3) is 0.667. The van der Waals surface area contributed by atoms with E-state index < -0.39 is 0 Å². The molecule has 0 aromatic heterocycles. The van der Waals surface area contributed by atoms with E-state index in [9.17, 15) is 4.79 Å². The van der Waals surface area contributed by atoms with E-state index in [0.29, 0.717) is 12.0 Å². The van der Waals surface area contributed by atoms with Crippen molar-refractivity contribution in [2.24, 2.45) is 11.8 Å². The lowest BCUT2D eigenvalue weighted by atomic mass is 10.0. The summed E-state index contributed by atoms with van der Waals surface area (Å²) in [6, 6.07) is 8.82. The van der Waals surface area contributed by atoms with Gasteiger partial charge in [-0.1, -0.05) is 40.9 Å². The highest BCUT2D eigenvalue weighted by atomic mass is 79.9. The van der Waals surface area contributed by atoms with E-state index in [0.717, 1.165) is 42.7 Å². The number of amides is 1. The Kier molecular flexibility index (Phi) is 5.47. The summed E-state index contributed by atoms with van der Waals surface area (Å²) in [5.41, 5.74) is 1.30. The van der Waals surface area contributed by atoms with Crippen LogP contribution in [0.3, 0.4) is 0 Å². The number of nitrogens with one attached hydrogen (secondary N) is 1. The van der Waals surface area contributed by atoms with Gasteiger partial charge in [-0.3, -0.25) is 4.79 Å². The number of hydrogen-bond donors (Lipinski definition) is 1. The molecule has 3 nitrogen and oxygen atoms in total. The lowest BCUT2D eigenvalue weighted by molar-refractivity contribution is -0.123. The minimum atomic E-state index is 0.192. The molecular formula is C21H29BrN2O. The zero-order valence-corrected chi connectivity index (χ0v) is 16.5. The first-order chi connectivity index (χ1) is 12.2. The Morgan fingerprint density at radius 3 is 2.44 bits per heavy atom. The smallest absolute Gasteiger partial charge is 0.223 e. The molecular weight excluding hydrogens is 376 g/mol. The topological polar surface area (TPSA) is 32.3 Å². The third-order valence-corrected chi connectivity index (χ3v) is 6.88. The second-order valence-corrected chi connectivity index (χ2v) is 9.15. The van der Waals surface area contributed by atoms with Gasteiger partial charge in [-0.15, -0.1) is 0 Å². The number of likely N-dealkylation sites (tertiary alicyclic amines) is 1. The molecule has 1 amide bonds. The number of benzene rings is 1. The van der Waals surface area contributed by atoms with E-state index in [-0.39, 0.29) is 11.8 Å². The first-order valence-corrected chi connectivity index (χ1v) is 10.8. The van der Waals surface area contributed by atoms with E-state index >= 15 is 0 Å². The fourth-order valence-electron chi connectivity index (χ4n) is 4.69. The molecule has 2 aliphatic carbocycles. The highest BCUT2D eigenvalue weighted by Gasteiger charge is 2.44. The molecule has 0 unspecified atom stereocenters. The van der Waals surface area contributed by atoms with Crippen molar-refractivity contribution in [2.45, 2.75) is 56.9 Å². The van der Waals surface area contributed by atoms with Crippen LogP contribution in [0, 0.1) is 11.8 Å². The minimum Gasteiger partial charge on any atom is -0.353 e. The largest absolute Gasteiger partial charge is 0.353 e. The Morgan fingerprint density at radius 1 is 1.08 bits per heavy atom. The lowest BCUT2D eigenvalue weighted by Crippen LogP contribution is -2.46. The summed E-state index contributed by atoms with van der Waals surface area (Å²) in [6.45, 7) is 3.60. The normalized spacial score (nSPS) is 28.2. The summed E-state index contributed by atoms with van der Waals surface area (Å²) in [7, 11) is 0. The van der Waals surface area contributed by atoms with Crippen molar-refractivity contribution < 1.29 is 4.79 Å². The predicted molar refractivity (Wildman–Crippen MR) is 105 cm³/mol. The third kappa shape index (κ3) is 4.46. The van der Waals surface area contributed by atoms with Crippen molar-refractivity contribution in [3.05, 3.63) is 34.3 Å². The average molecular weight is 405 g/mol. The van der Waals surface area contributed by atoms with Gasteiger partial charge in [0, 0.05) is 36.1 Å². The van der Waals surface area contributed by atoms with Crippen molar-refractivity contribution in [3.8, 4) is 0 Å². The molecule has 0 radical (unpaired) electrons. The molecule has 0 bridgehead atoms. The first-order valence-electron chi connectivity index (χ1n) is 9.97. The van der Waals surface area contributed by atoms with Crippen molar-refractivity contribution in [2.75, 3.05) is 19.6 Å². The van der Waals surface area contributed by atoms with Crippen LogP contribution in [0.15, 0.2) is 28.7 Å². The highest BCUT2D eigenvalue weighted by molar-refractivity contribution is 9.10. The molecule has 1 aromatic carbocycles. The SMILES string of the molecule is O=C(NC1CCN(CC2CCCC2)CC1)[C@H]1C[C@@H]1c1ccc(Br)cc1.